The Balaban J connectivity index is 2.40. The van der Waals surface area contributed by atoms with Gasteiger partial charge in [0.05, 0.1) is 17.8 Å². The number of hydrogen-bond donors (Lipinski definition) is 0. The van der Waals surface area contributed by atoms with Crippen LogP contribution in [0.3, 0.4) is 0 Å². The third-order valence-corrected chi connectivity index (χ3v) is 1.74. The van der Waals surface area contributed by atoms with Crippen LogP contribution in [0.2, 0.25) is 0 Å². The number of benzene rings is 1. The second-order valence-corrected chi connectivity index (χ2v) is 2.57. The molecule has 2 rings (SSSR count). The molecule has 0 aliphatic carbocycles. The summed E-state index contributed by atoms with van der Waals surface area (Å²) in [4.78, 5) is 0. The first-order valence-corrected chi connectivity index (χ1v) is 3.81. The van der Waals surface area contributed by atoms with Crippen LogP contribution >= 0.6 is 0 Å². The number of aromatic nitrogens is 1. The highest BCUT2D eigenvalue weighted by Gasteiger charge is 2.00. The fourth-order valence-electron chi connectivity index (χ4n) is 1.07. The highest BCUT2D eigenvalue weighted by molar-refractivity contribution is 5.57. The van der Waals surface area contributed by atoms with E-state index in [2.05, 4.69) is 11.2 Å². The minimum Gasteiger partial charge on any atom is -0.356 e. The topological polar surface area (TPSA) is 49.8 Å². The normalized spacial score (nSPS) is 9.46. The molecule has 0 unspecified atom stereocenters. The van der Waals surface area contributed by atoms with E-state index in [4.69, 9.17) is 9.78 Å². The molecule has 0 atom stereocenters. The van der Waals surface area contributed by atoms with Crippen LogP contribution in [0.1, 0.15) is 5.56 Å². The van der Waals surface area contributed by atoms with Crippen LogP contribution in [0.5, 0.6) is 0 Å². The van der Waals surface area contributed by atoms with Crippen LogP contribution in [0.25, 0.3) is 11.3 Å². The second kappa shape index (κ2) is 3.11. The molecule has 1 heterocycles. The van der Waals surface area contributed by atoms with Gasteiger partial charge in [-0.1, -0.05) is 5.16 Å². The van der Waals surface area contributed by atoms with E-state index < -0.39 is 0 Å². The SMILES string of the molecule is N#Cc1ccc(-c2ccno2)cc1. The second-order valence-electron chi connectivity index (χ2n) is 2.57. The van der Waals surface area contributed by atoms with Crippen LogP contribution < -0.4 is 0 Å². The third kappa shape index (κ3) is 1.42. The predicted molar refractivity (Wildman–Crippen MR) is 46.7 cm³/mol. The zero-order valence-electron chi connectivity index (χ0n) is 6.77. The van der Waals surface area contributed by atoms with Gasteiger partial charge in [0.1, 0.15) is 0 Å². The van der Waals surface area contributed by atoms with E-state index >= 15 is 0 Å². The van der Waals surface area contributed by atoms with Gasteiger partial charge in [-0.25, -0.2) is 0 Å². The fourth-order valence-corrected chi connectivity index (χ4v) is 1.07. The lowest BCUT2D eigenvalue weighted by Crippen LogP contribution is -1.75. The van der Waals surface area contributed by atoms with Gasteiger partial charge in [-0.3, -0.25) is 0 Å². The first-order valence-electron chi connectivity index (χ1n) is 3.81. The maximum atomic E-state index is 8.57. The van der Waals surface area contributed by atoms with E-state index in [1.165, 1.54) is 0 Å². The molecule has 0 N–H and O–H groups in total. The Morgan fingerprint density at radius 1 is 1.15 bits per heavy atom. The van der Waals surface area contributed by atoms with E-state index in [9.17, 15) is 0 Å². The van der Waals surface area contributed by atoms with Gasteiger partial charge >= 0.3 is 0 Å². The average molecular weight is 170 g/mol. The molecule has 2 aromatic rings. The zero-order valence-corrected chi connectivity index (χ0v) is 6.77. The minimum atomic E-state index is 0.642. The molecule has 0 aliphatic heterocycles. The van der Waals surface area contributed by atoms with Crippen molar-refractivity contribution in [3.05, 3.63) is 42.1 Å². The largest absolute Gasteiger partial charge is 0.356 e. The molecule has 0 bridgehead atoms. The lowest BCUT2D eigenvalue weighted by atomic mass is 10.1. The average Bonchev–Trinajstić information content (AvgIpc) is 2.71. The molecule has 1 aromatic heterocycles. The van der Waals surface area contributed by atoms with Crippen LogP contribution in [-0.4, -0.2) is 5.16 Å². The van der Waals surface area contributed by atoms with Gasteiger partial charge in [-0.15, -0.1) is 0 Å². The summed E-state index contributed by atoms with van der Waals surface area (Å²) in [7, 11) is 0. The quantitative estimate of drug-likeness (QED) is 0.659. The highest BCUT2D eigenvalue weighted by atomic mass is 16.5. The van der Waals surface area contributed by atoms with Gasteiger partial charge in [0.2, 0.25) is 0 Å². The molecular weight excluding hydrogens is 164 g/mol. The lowest BCUT2D eigenvalue weighted by Gasteiger charge is -1.93. The Kier molecular flexibility index (Phi) is 1.81. The van der Waals surface area contributed by atoms with Crippen molar-refractivity contribution in [3.8, 4) is 17.4 Å². The smallest absolute Gasteiger partial charge is 0.166 e. The van der Waals surface area contributed by atoms with E-state index in [-0.39, 0.29) is 0 Å². The highest BCUT2D eigenvalue weighted by Crippen LogP contribution is 2.18. The van der Waals surface area contributed by atoms with Crippen molar-refractivity contribution < 1.29 is 4.52 Å². The van der Waals surface area contributed by atoms with Crippen molar-refractivity contribution in [1.82, 2.24) is 5.16 Å². The van der Waals surface area contributed by atoms with Crippen LogP contribution in [0.4, 0.5) is 0 Å². The summed E-state index contributed by atoms with van der Waals surface area (Å²) in [6.07, 6.45) is 1.59. The van der Waals surface area contributed by atoms with E-state index in [0.717, 1.165) is 5.56 Å². The number of rotatable bonds is 1. The molecule has 0 saturated heterocycles. The zero-order chi connectivity index (χ0) is 9.10. The maximum absolute atomic E-state index is 8.57. The monoisotopic (exact) mass is 170 g/mol. The summed E-state index contributed by atoms with van der Waals surface area (Å²) in [5.74, 6) is 0.712. The summed E-state index contributed by atoms with van der Waals surface area (Å²) in [6, 6.07) is 11.0. The van der Waals surface area contributed by atoms with Gasteiger partial charge in [0.25, 0.3) is 0 Å². The first kappa shape index (κ1) is 7.56. The maximum Gasteiger partial charge on any atom is 0.166 e. The van der Waals surface area contributed by atoms with Crippen LogP contribution in [0, 0.1) is 11.3 Å². The van der Waals surface area contributed by atoms with E-state index in [0.29, 0.717) is 11.3 Å². The van der Waals surface area contributed by atoms with Crippen molar-refractivity contribution in [2.24, 2.45) is 0 Å². The third-order valence-electron chi connectivity index (χ3n) is 1.74. The van der Waals surface area contributed by atoms with Gasteiger partial charge in [0.15, 0.2) is 5.76 Å². The van der Waals surface area contributed by atoms with Crippen LogP contribution in [0.15, 0.2) is 41.1 Å². The number of nitriles is 1. The molecule has 13 heavy (non-hydrogen) atoms. The van der Waals surface area contributed by atoms with Gasteiger partial charge in [-0.05, 0) is 24.3 Å². The number of hydrogen-bond acceptors (Lipinski definition) is 3. The molecule has 1 aromatic carbocycles. The Morgan fingerprint density at radius 3 is 2.46 bits per heavy atom. The fraction of sp³-hybridized carbons (Fsp3) is 0. The van der Waals surface area contributed by atoms with Crippen molar-refractivity contribution in [2.75, 3.05) is 0 Å². The standard InChI is InChI=1S/C10H6N2O/c11-7-8-1-3-9(4-2-8)10-5-6-12-13-10/h1-6H. The molecule has 62 valence electrons. The molecule has 0 amide bonds. The minimum absolute atomic E-state index is 0.642. The summed E-state index contributed by atoms with van der Waals surface area (Å²) in [6.45, 7) is 0. The Morgan fingerprint density at radius 2 is 1.92 bits per heavy atom. The van der Waals surface area contributed by atoms with Gasteiger partial charge < -0.3 is 4.52 Å². The molecule has 0 aliphatic rings. The first-order chi connectivity index (χ1) is 6.40. The summed E-state index contributed by atoms with van der Waals surface area (Å²) < 4.78 is 4.96. The van der Waals surface area contributed by atoms with Gasteiger partial charge in [0, 0.05) is 11.6 Å². The lowest BCUT2D eigenvalue weighted by molar-refractivity contribution is 0.432. The Bertz CT molecular complexity index is 423. The summed E-state index contributed by atoms with van der Waals surface area (Å²) >= 11 is 0. The molecule has 0 saturated carbocycles. The molecule has 0 fully saturated rings. The molecule has 0 spiro atoms. The van der Waals surface area contributed by atoms with Crippen LogP contribution in [-0.2, 0) is 0 Å². The summed E-state index contributed by atoms with van der Waals surface area (Å²) in [5.41, 5.74) is 1.57. The van der Waals surface area contributed by atoms with Crippen molar-refractivity contribution in [1.29, 1.82) is 5.26 Å². The Hall–Kier alpha value is -2.08. The summed E-state index contributed by atoms with van der Waals surface area (Å²) in [5, 5.41) is 12.2. The predicted octanol–water partition coefficient (Wildman–Crippen LogP) is 2.21. The Labute approximate surface area is 75.2 Å². The molecular formula is C10H6N2O. The number of nitrogens with zero attached hydrogens (tertiary/aromatic N) is 2. The van der Waals surface area contributed by atoms with Gasteiger partial charge in [-0.2, -0.15) is 5.26 Å². The van der Waals surface area contributed by atoms with Crippen molar-refractivity contribution in [2.45, 2.75) is 0 Å². The van der Waals surface area contributed by atoms with Crippen molar-refractivity contribution >= 4 is 0 Å². The molecule has 3 nitrogen and oxygen atoms in total. The van der Waals surface area contributed by atoms with E-state index in [1.807, 2.05) is 12.1 Å². The molecule has 3 heteroatoms. The van der Waals surface area contributed by atoms with Crippen molar-refractivity contribution in [3.63, 3.8) is 0 Å². The van der Waals surface area contributed by atoms with E-state index in [1.54, 1.807) is 24.4 Å². The molecule has 0 radical (unpaired) electrons.